The van der Waals surface area contributed by atoms with Gasteiger partial charge >= 0.3 is 0 Å². The average molecular weight is 287 g/mol. The number of hydrogen-bond acceptors (Lipinski definition) is 5. The number of amides is 2. The molecule has 20 heavy (non-hydrogen) atoms. The summed E-state index contributed by atoms with van der Waals surface area (Å²) < 4.78 is 10.7. The van der Waals surface area contributed by atoms with Crippen LogP contribution in [-0.4, -0.2) is 80.8 Å². The van der Waals surface area contributed by atoms with Crippen molar-refractivity contribution < 1.29 is 19.1 Å². The minimum atomic E-state index is -0.521. The maximum atomic E-state index is 12.2. The lowest BCUT2D eigenvalue weighted by atomic mass is 10.2. The highest BCUT2D eigenvalue weighted by Crippen LogP contribution is 2.08. The number of methoxy groups -OCH3 is 1. The van der Waals surface area contributed by atoms with E-state index in [0.717, 1.165) is 13.1 Å². The van der Waals surface area contributed by atoms with Gasteiger partial charge in [-0.05, 0) is 14.0 Å². The second kappa shape index (κ2) is 8.18. The molecular formula is C13H25N3O4. The Morgan fingerprint density at radius 3 is 2.80 bits per heavy atom. The van der Waals surface area contributed by atoms with Gasteiger partial charge in [-0.25, -0.2) is 0 Å². The average Bonchev–Trinajstić information content (AvgIpc) is 2.37. The summed E-state index contributed by atoms with van der Waals surface area (Å²) in [5.41, 5.74) is 5.21. The quantitative estimate of drug-likeness (QED) is 0.653. The van der Waals surface area contributed by atoms with Crippen molar-refractivity contribution in [3.8, 4) is 0 Å². The van der Waals surface area contributed by atoms with Gasteiger partial charge in [0.2, 0.25) is 11.8 Å². The van der Waals surface area contributed by atoms with E-state index in [2.05, 4.69) is 4.90 Å². The van der Waals surface area contributed by atoms with Crippen molar-refractivity contribution in [2.24, 2.45) is 5.73 Å². The number of hydrogen-bond donors (Lipinski definition) is 1. The molecule has 2 N–H and O–H groups in total. The summed E-state index contributed by atoms with van der Waals surface area (Å²) in [5.74, 6) is -0.664. The Morgan fingerprint density at radius 1 is 1.55 bits per heavy atom. The number of rotatable bonds is 7. The summed E-state index contributed by atoms with van der Waals surface area (Å²) in [6.07, 6.45) is -0.0467. The third-order valence-electron chi connectivity index (χ3n) is 3.33. The van der Waals surface area contributed by atoms with E-state index in [1.54, 1.807) is 7.11 Å². The molecule has 0 saturated carbocycles. The van der Waals surface area contributed by atoms with Gasteiger partial charge in [0.15, 0.2) is 0 Å². The molecule has 0 unspecified atom stereocenters. The summed E-state index contributed by atoms with van der Waals surface area (Å²) in [6.45, 7) is 4.35. The molecule has 0 radical (unpaired) electrons. The zero-order chi connectivity index (χ0) is 15.1. The Balaban J connectivity index is 2.58. The smallest absolute Gasteiger partial charge is 0.237 e. The van der Waals surface area contributed by atoms with Crippen molar-refractivity contribution in [1.82, 2.24) is 9.80 Å². The zero-order valence-corrected chi connectivity index (χ0v) is 12.5. The number of morpholine rings is 1. The SMILES string of the molecule is CO[C@H](C)CC(=O)N(CC(N)=O)C[C@H]1CN(C)CCO1. The van der Waals surface area contributed by atoms with Crippen molar-refractivity contribution in [2.75, 3.05) is 46.9 Å². The number of nitrogens with two attached hydrogens (primary N) is 1. The number of carbonyl (C=O) groups excluding carboxylic acids is 2. The van der Waals surface area contributed by atoms with Gasteiger partial charge in [-0.3, -0.25) is 9.59 Å². The van der Waals surface area contributed by atoms with Crippen LogP contribution >= 0.6 is 0 Å². The van der Waals surface area contributed by atoms with Crippen LogP contribution in [0.15, 0.2) is 0 Å². The fourth-order valence-corrected chi connectivity index (χ4v) is 2.12. The van der Waals surface area contributed by atoms with Crippen molar-refractivity contribution in [3.05, 3.63) is 0 Å². The van der Waals surface area contributed by atoms with E-state index in [1.165, 1.54) is 4.90 Å². The van der Waals surface area contributed by atoms with Crippen LogP contribution in [0, 0.1) is 0 Å². The van der Waals surface area contributed by atoms with Crippen LogP contribution in [0.5, 0.6) is 0 Å². The zero-order valence-electron chi connectivity index (χ0n) is 12.5. The maximum absolute atomic E-state index is 12.2. The minimum Gasteiger partial charge on any atom is -0.381 e. The number of carbonyl (C=O) groups is 2. The molecule has 1 saturated heterocycles. The second-order valence-electron chi connectivity index (χ2n) is 5.25. The van der Waals surface area contributed by atoms with Crippen LogP contribution in [0.25, 0.3) is 0 Å². The van der Waals surface area contributed by atoms with Crippen LogP contribution < -0.4 is 5.73 Å². The fraction of sp³-hybridized carbons (Fsp3) is 0.846. The summed E-state index contributed by atoms with van der Waals surface area (Å²) in [6, 6.07) is 0. The lowest BCUT2D eigenvalue weighted by Gasteiger charge is -2.33. The highest BCUT2D eigenvalue weighted by Gasteiger charge is 2.25. The lowest BCUT2D eigenvalue weighted by molar-refractivity contribution is -0.140. The fourth-order valence-electron chi connectivity index (χ4n) is 2.12. The third kappa shape index (κ3) is 5.85. The van der Waals surface area contributed by atoms with E-state index in [4.69, 9.17) is 15.2 Å². The van der Waals surface area contributed by atoms with Gasteiger partial charge in [0.05, 0.1) is 31.8 Å². The van der Waals surface area contributed by atoms with Crippen LogP contribution in [0.3, 0.4) is 0 Å². The van der Waals surface area contributed by atoms with E-state index in [1.807, 2.05) is 14.0 Å². The molecule has 7 nitrogen and oxygen atoms in total. The minimum absolute atomic E-state index is 0.0845. The molecule has 1 heterocycles. The summed E-state index contributed by atoms with van der Waals surface area (Å²) in [5, 5.41) is 0. The topological polar surface area (TPSA) is 85.1 Å². The van der Waals surface area contributed by atoms with E-state index in [0.29, 0.717) is 13.2 Å². The number of likely N-dealkylation sites (N-methyl/N-ethyl adjacent to an activating group) is 1. The second-order valence-corrected chi connectivity index (χ2v) is 5.25. The predicted octanol–water partition coefficient (Wildman–Crippen LogP) is -0.944. The van der Waals surface area contributed by atoms with Crippen molar-refractivity contribution in [1.29, 1.82) is 0 Å². The largest absolute Gasteiger partial charge is 0.381 e. The molecule has 1 aliphatic rings. The van der Waals surface area contributed by atoms with Crippen LogP contribution in [0.1, 0.15) is 13.3 Å². The molecule has 7 heteroatoms. The molecule has 116 valence electrons. The van der Waals surface area contributed by atoms with Gasteiger partial charge in [0.1, 0.15) is 0 Å². The number of ether oxygens (including phenoxy) is 2. The molecule has 2 atom stereocenters. The predicted molar refractivity (Wildman–Crippen MR) is 74.1 cm³/mol. The molecule has 1 rings (SSSR count). The first-order valence-electron chi connectivity index (χ1n) is 6.81. The first-order valence-corrected chi connectivity index (χ1v) is 6.81. The molecule has 0 aromatic rings. The summed E-state index contributed by atoms with van der Waals surface area (Å²) in [7, 11) is 3.55. The molecule has 0 aromatic carbocycles. The number of nitrogens with zero attached hydrogens (tertiary/aromatic N) is 2. The normalized spacial score (nSPS) is 21.4. The summed E-state index contributed by atoms with van der Waals surface area (Å²) >= 11 is 0. The molecular weight excluding hydrogens is 262 g/mol. The van der Waals surface area contributed by atoms with Gasteiger partial charge in [0, 0.05) is 26.7 Å². The highest BCUT2D eigenvalue weighted by molar-refractivity contribution is 5.84. The van der Waals surface area contributed by atoms with Crippen molar-refractivity contribution in [2.45, 2.75) is 25.6 Å². The third-order valence-corrected chi connectivity index (χ3v) is 3.33. The van der Waals surface area contributed by atoms with Gasteiger partial charge in [0.25, 0.3) is 0 Å². The van der Waals surface area contributed by atoms with Crippen molar-refractivity contribution >= 4 is 11.8 Å². The van der Waals surface area contributed by atoms with E-state index in [9.17, 15) is 9.59 Å². The number of primary amides is 1. The first-order chi connectivity index (χ1) is 9.42. The van der Waals surface area contributed by atoms with Crippen molar-refractivity contribution in [3.63, 3.8) is 0 Å². The molecule has 1 aliphatic heterocycles. The molecule has 0 bridgehead atoms. The summed E-state index contributed by atoms with van der Waals surface area (Å²) in [4.78, 5) is 26.9. The monoisotopic (exact) mass is 287 g/mol. The van der Waals surface area contributed by atoms with Gasteiger partial charge in [-0.15, -0.1) is 0 Å². The Kier molecular flexibility index (Phi) is 6.90. The molecule has 0 spiro atoms. The Bertz CT molecular complexity index is 338. The van der Waals surface area contributed by atoms with E-state index >= 15 is 0 Å². The molecule has 0 aliphatic carbocycles. The van der Waals surface area contributed by atoms with Gasteiger partial charge < -0.3 is 25.0 Å². The molecule has 2 amide bonds. The Hall–Kier alpha value is -1.18. The van der Waals surface area contributed by atoms with Gasteiger partial charge in [-0.1, -0.05) is 0 Å². The van der Waals surface area contributed by atoms with Crippen LogP contribution in [-0.2, 0) is 19.1 Å². The Morgan fingerprint density at radius 2 is 2.25 bits per heavy atom. The van der Waals surface area contributed by atoms with E-state index in [-0.39, 0.29) is 31.1 Å². The van der Waals surface area contributed by atoms with E-state index < -0.39 is 5.91 Å². The van der Waals surface area contributed by atoms with Crippen LogP contribution in [0.2, 0.25) is 0 Å². The maximum Gasteiger partial charge on any atom is 0.237 e. The van der Waals surface area contributed by atoms with Crippen LogP contribution in [0.4, 0.5) is 0 Å². The highest BCUT2D eigenvalue weighted by atomic mass is 16.5. The standard InChI is InChI=1S/C13H25N3O4/c1-10(19-3)6-13(18)16(9-12(14)17)8-11-7-15(2)4-5-20-11/h10-11H,4-9H2,1-3H3,(H2,14,17)/t10-,11-/m1/s1. The first kappa shape index (κ1) is 16.9. The molecule has 0 aromatic heterocycles. The lowest BCUT2D eigenvalue weighted by Crippen LogP contribution is -2.49. The molecule has 1 fully saturated rings. The van der Waals surface area contributed by atoms with Gasteiger partial charge in [-0.2, -0.15) is 0 Å². The Labute approximate surface area is 120 Å².